The van der Waals surface area contributed by atoms with Gasteiger partial charge in [-0.15, -0.1) is 0 Å². The van der Waals surface area contributed by atoms with Crippen molar-refractivity contribution < 1.29 is 19.0 Å². The molecular formula is C8H9F2NO2. The summed E-state index contributed by atoms with van der Waals surface area (Å²) in [4.78, 5) is 0. The predicted octanol–water partition coefficient (Wildman–Crippen LogP) is 1.15. The van der Waals surface area contributed by atoms with Crippen LogP contribution in [0.5, 0.6) is 11.5 Å². The average Bonchev–Trinajstić information content (AvgIpc) is 2.03. The monoisotopic (exact) mass is 189 g/mol. The van der Waals surface area contributed by atoms with Gasteiger partial charge in [0.05, 0.1) is 12.1 Å². The summed E-state index contributed by atoms with van der Waals surface area (Å²) >= 11 is 0. The highest BCUT2D eigenvalue weighted by atomic mass is 19.3. The third kappa shape index (κ3) is 1.86. The predicted molar refractivity (Wildman–Crippen MR) is 42.7 cm³/mol. The molecule has 0 atom stereocenters. The van der Waals surface area contributed by atoms with Crippen LogP contribution in [-0.4, -0.2) is 16.8 Å². The number of hydrogen-bond donors (Lipinski definition) is 3. The number of rotatable bonds is 2. The third-order valence-electron chi connectivity index (χ3n) is 1.63. The molecule has 0 amide bonds. The number of aromatic hydroxyl groups is 2. The number of phenolic OH excluding ortho intramolecular Hbond substituents is 2. The smallest absolute Gasteiger partial charge is 0.288 e. The summed E-state index contributed by atoms with van der Waals surface area (Å²) in [5, 5.41) is 17.9. The molecular weight excluding hydrogens is 180 g/mol. The number of nitrogens with two attached hydrogens (primary N) is 1. The molecule has 0 saturated carbocycles. The first-order valence-corrected chi connectivity index (χ1v) is 3.58. The van der Waals surface area contributed by atoms with Crippen LogP contribution in [0.1, 0.15) is 5.56 Å². The van der Waals surface area contributed by atoms with E-state index in [2.05, 4.69) is 0 Å². The quantitative estimate of drug-likeness (QED) is 0.653. The zero-order chi connectivity index (χ0) is 10.1. The normalized spacial score (nSPS) is 11.6. The molecule has 0 aliphatic carbocycles. The van der Waals surface area contributed by atoms with E-state index in [0.717, 1.165) is 18.2 Å². The van der Waals surface area contributed by atoms with Crippen molar-refractivity contribution in [2.24, 2.45) is 5.73 Å². The minimum atomic E-state index is -3.27. The van der Waals surface area contributed by atoms with E-state index in [-0.39, 0.29) is 5.75 Å². The Balaban J connectivity index is 3.16. The molecule has 0 fully saturated rings. The zero-order valence-corrected chi connectivity index (χ0v) is 6.67. The first-order chi connectivity index (χ1) is 5.97. The van der Waals surface area contributed by atoms with Gasteiger partial charge in [0.25, 0.3) is 5.92 Å². The Hall–Kier alpha value is -1.36. The maximum atomic E-state index is 12.9. The summed E-state index contributed by atoms with van der Waals surface area (Å²) in [6.07, 6.45) is 0. The van der Waals surface area contributed by atoms with Crippen LogP contribution in [0.4, 0.5) is 8.78 Å². The molecule has 0 spiro atoms. The van der Waals surface area contributed by atoms with Crippen LogP contribution >= 0.6 is 0 Å². The lowest BCUT2D eigenvalue weighted by Gasteiger charge is -2.15. The van der Waals surface area contributed by atoms with Crippen LogP contribution in [0.3, 0.4) is 0 Å². The lowest BCUT2D eigenvalue weighted by molar-refractivity contribution is 0.00373. The highest BCUT2D eigenvalue weighted by Crippen LogP contribution is 2.35. The lowest BCUT2D eigenvalue weighted by atomic mass is 10.1. The molecule has 0 aromatic heterocycles. The number of halogens is 2. The largest absolute Gasteiger partial charge is 0.508 e. The van der Waals surface area contributed by atoms with Gasteiger partial charge in [0, 0.05) is 6.07 Å². The summed E-state index contributed by atoms with van der Waals surface area (Å²) in [6, 6.07) is 2.86. The van der Waals surface area contributed by atoms with Gasteiger partial charge < -0.3 is 15.9 Å². The van der Waals surface area contributed by atoms with E-state index < -0.39 is 23.8 Å². The van der Waals surface area contributed by atoms with Crippen molar-refractivity contribution in [1.82, 2.24) is 0 Å². The lowest BCUT2D eigenvalue weighted by Crippen LogP contribution is -2.25. The summed E-state index contributed by atoms with van der Waals surface area (Å²) in [7, 11) is 0. The van der Waals surface area contributed by atoms with E-state index in [0.29, 0.717) is 0 Å². The van der Waals surface area contributed by atoms with Crippen LogP contribution < -0.4 is 5.73 Å². The number of alkyl halides is 2. The van der Waals surface area contributed by atoms with Crippen LogP contribution in [-0.2, 0) is 5.92 Å². The molecule has 0 bridgehead atoms. The Morgan fingerprint density at radius 2 is 1.92 bits per heavy atom. The number of benzene rings is 1. The van der Waals surface area contributed by atoms with Gasteiger partial charge in [-0.05, 0) is 12.1 Å². The first-order valence-electron chi connectivity index (χ1n) is 3.58. The molecule has 0 radical (unpaired) electrons. The van der Waals surface area contributed by atoms with Crippen LogP contribution in [0.2, 0.25) is 0 Å². The molecule has 1 aromatic rings. The van der Waals surface area contributed by atoms with E-state index >= 15 is 0 Å². The SMILES string of the molecule is NCC(F)(F)c1ccc(O)cc1O. The summed E-state index contributed by atoms with van der Waals surface area (Å²) < 4.78 is 25.8. The standard InChI is InChI=1S/C8H9F2NO2/c9-8(10,4-11)6-2-1-5(12)3-7(6)13/h1-3,12-13H,4,11H2. The first kappa shape index (κ1) is 9.73. The van der Waals surface area contributed by atoms with Crippen molar-refractivity contribution in [2.45, 2.75) is 5.92 Å². The highest BCUT2D eigenvalue weighted by molar-refractivity contribution is 5.41. The van der Waals surface area contributed by atoms with E-state index in [1.807, 2.05) is 0 Å². The van der Waals surface area contributed by atoms with Crippen molar-refractivity contribution in [1.29, 1.82) is 0 Å². The van der Waals surface area contributed by atoms with Gasteiger partial charge in [0.2, 0.25) is 0 Å². The molecule has 0 aliphatic rings. The molecule has 0 aliphatic heterocycles. The molecule has 0 heterocycles. The van der Waals surface area contributed by atoms with Gasteiger partial charge in [-0.25, -0.2) is 0 Å². The molecule has 1 rings (SSSR count). The van der Waals surface area contributed by atoms with Gasteiger partial charge in [-0.2, -0.15) is 8.78 Å². The molecule has 1 aromatic carbocycles. The highest BCUT2D eigenvalue weighted by Gasteiger charge is 2.32. The van der Waals surface area contributed by atoms with Crippen molar-refractivity contribution >= 4 is 0 Å². The van der Waals surface area contributed by atoms with E-state index in [4.69, 9.17) is 15.9 Å². The molecule has 0 saturated heterocycles. The van der Waals surface area contributed by atoms with Gasteiger partial charge in [0.15, 0.2) is 0 Å². The van der Waals surface area contributed by atoms with Crippen LogP contribution in [0.15, 0.2) is 18.2 Å². The molecule has 13 heavy (non-hydrogen) atoms. The Kier molecular flexibility index (Phi) is 2.38. The van der Waals surface area contributed by atoms with E-state index in [1.165, 1.54) is 0 Å². The molecule has 4 N–H and O–H groups in total. The summed E-state index contributed by atoms with van der Waals surface area (Å²) in [5.41, 5.74) is 4.25. The average molecular weight is 189 g/mol. The van der Waals surface area contributed by atoms with Crippen molar-refractivity contribution in [3.8, 4) is 11.5 Å². The minimum Gasteiger partial charge on any atom is -0.508 e. The fourth-order valence-electron chi connectivity index (χ4n) is 0.939. The van der Waals surface area contributed by atoms with E-state index in [1.54, 1.807) is 0 Å². The maximum absolute atomic E-state index is 12.9. The molecule has 72 valence electrons. The van der Waals surface area contributed by atoms with Gasteiger partial charge in [-0.1, -0.05) is 0 Å². The van der Waals surface area contributed by atoms with E-state index in [9.17, 15) is 8.78 Å². The topological polar surface area (TPSA) is 66.5 Å². The molecule has 5 heteroatoms. The number of hydrogen-bond acceptors (Lipinski definition) is 3. The summed E-state index contributed by atoms with van der Waals surface area (Å²) in [6.45, 7) is -0.884. The second-order valence-electron chi connectivity index (χ2n) is 2.61. The second-order valence-corrected chi connectivity index (χ2v) is 2.61. The van der Waals surface area contributed by atoms with Gasteiger partial charge in [-0.3, -0.25) is 0 Å². The van der Waals surface area contributed by atoms with Crippen molar-refractivity contribution in [3.05, 3.63) is 23.8 Å². The molecule has 0 unspecified atom stereocenters. The fourth-order valence-corrected chi connectivity index (χ4v) is 0.939. The van der Waals surface area contributed by atoms with Gasteiger partial charge in [0.1, 0.15) is 11.5 Å². The molecule has 3 nitrogen and oxygen atoms in total. The van der Waals surface area contributed by atoms with Crippen LogP contribution in [0.25, 0.3) is 0 Å². The minimum absolute atomic E-state index is 0.269. The summed E-state index contributed by atoms with van der Waals surface area (Å²) in [5.74, 6) is -4.19. The maximum Gasteiger partial charge on any atom is 0.288 e. The van der Waals surface area contributed by atoms with Crippen molar-refractivity contribution in [2.75, 3.05) is 6.54 Å². The van der Waals surface area contributed by atoms with Gasteiger partial charge >= 0.3 is 0 Å². The fraction of sp³-hybridized carbons (Fsp3) is 0.250. The Morgan fingerprint density at radius 3 is 2.38 bits per heavy atom. The second kappa shape index (κ2) is 3.18. The Bertz CT molecular complexity index is 315. The Labute approximate surface area is 73.4 Å². The Morgan fingerprint density at radius 1 is 1.31 bits per heavy atom. The zero-order valence-electron chi connectivity index (χ0n) is 6.67. The van der Waals surface area contributed by atoms with Crippen molar-refractivity contribution in [3.63, 3.8) is 0 Å². The third-order valence-corrected chi connectivity index (χ3v) is 1.63. The number of phenols is 2. The van der Waals surface area contributed by atoms with Crippen LogP contribution in [0, 0.1) is 0 Å².